The molecule has 0 saturated carbocycles. The first-order valence-electron chi connectivity index (χ1n) is 11.4. The summed E-state index contributed by atoms with van der Waals surface area (Å²) in [6.07, 6.45) is 5.12. The number of ether oxygens (including phenoxy) is 1. The Hall–Kier alpha value is -3.97. The summed E-state index contributed by atoms with van der Waals surface area (Å²) >= 11 is 0. The molecule has 0 radical (unpaired) electrons. The van der Waals surface area contributed by atoms with Crippen molar-refractivity contribution < 1.29 is 9.53 Å². The van der Waals surface area contributed by atoms with Crippen LogP contribution in [-0.4, -0.2) is 34.7 Å². The first-order chi connectivity index (χ1) is 16.6. The Morgan fingerprint density at radius 1 is 1.06 bits per heavy atom. The molecule has 1 amide bonds. The van der Waals surface area contributed by atoms with Gasteiger partial charge in [-0.1, -0.05) is 18.2 Å². The van der Waals surface area contributed by atoms with Crippen LogP contribution in [0.25, 0.3) is 21.9 Å². The van der Waals surface area contributed by atoms with Gasteiger partial charge in [0.1, 0.15) is 5.82 Å². The smallest absolute Gasteiger partial charge is 0.258 e. The van der Waals surface area contributed by atoms with E-state index in [1.54, 1.807) is 23.0 Å². The molecule has 7 nitrogen and oxygen atoms in total. The van der Waals surface area contributed by atoms with E-state index in [2.05, 4.69) is 10.3 Å². The number of amides is 1. The molecular weight excluding hydrogens is 428 g/mol. The number of aromatic nitrogens is 2. The molecular formula is C27H26N4O3. The van der Waals surface area contributed by atoms with Crippen molar-refractivity contribution in [2.45, 2.75) is 25.4 Å². The van der Waals surface area contributed by atoms with Crippen LogP contribution in [0.2, 0.25) is 0 Å². The third kappa shape index (κ3) is 4.70. The lowest BCUT2D eigenvalue weighted by Crippen LogP contribution is -2.38. The zero-order valence-electron chi connectivity index (χ0n) is 18.7. The van der Waals surface area contributed by atoms with Gasteiger partial charge >= 0.3 is 0 Å². The molecule has 0 aliphatic carbocycles. The number of fused-ring (bicyclic) bond motifs is 1. The maximum absolute atomic E-state index is 13.2. The molecule has 172 valence electrons. The number of nitrogen functional groups attached to an aromatic ring is 1. The summed E-state index contributed by atoms with van der Waals surface area (Å²) in [7, 11) is 0. The minimum atomic E-state index is -0.0936. The Morgan fingerprint density at radius 2 is 1.88 bits per heavy atom. The molecule has 0 unspecified atom stereocenters. The predicted molar refractivity (Wildman–Crippen MR) is 133 cm³/mol. The molecule has 2 aromatic heterocycles. The largest absolute Gasteiger partial charge is 0.384 e. The van der Waals surface area contributed by atoms with Crippen molar-refractivity contribution in [2.75, 3.05) is 18.9 Å². The number of carbonyl (C=O) groups excluding carboxylic acids is 1. The van der Waals surface area contributed by atoms with E-state index >= 15 is 0 Å². The van der Waals surface area contributed by atoms with Gasteiger partial charge in [-0.15, -0.1) is 0 Å². The van der Waals surface area contributed by atoms with Crippen LogP contribution in [0.1, 0.15) is 28.8 Å². The van der Waals surface area contributed by atoms with Crippen molar-refractivity contribution in [3.05, 3.63) is 94.5 Å². The molecule has 3 heterocycles. The van der Waals surface area contributed by atoms with Crippen LogP contribution in [0.3, 0.4) is 0 Å². The monoisotopic (exact) mass is 454 g/mol. The van der Waals surface area contributed by atoms with E-state index in [4.69, 9.17) is 10.5 Å². The number of benzene rings is 2. The molecule has 4 aromatic rings. The fourth-order valence-electron chi connectivity index (χ4n) is 4.34. The molecule has 1 aliphatic heterocycles. The van der Waals surface area contributed by atoms with Gasteiger partial charge in [0, 0.05) is 42.6 Å². The second-order valence-electron chi connectivity index (χ2n) is 8.58. The van der Waals surface area contributed by atoms with Crippen LogP contribution in [-0.2, 0) is 11.3 Å². The Kier molecular flexibility index (Phi) is 6.10. The summed E-state index contributed by atoms with van der Waals surface area (Å²) in [5, 5.41) is 4.59. The van der Waals surface area contributed by atoms with Crippen LogP contribution in [0.4, 0.5) is 5.82 Å². The van der Waals surface area contributed by atoms with Gasteiger partial charge in [-0.2, -0.15) is 0 Å². The molecule has 1 saturated heterocycles. The molecule has 0 atom stereocenters. The molecule has 1 fully saturated rings. The lowest BCUT2D eigenvalue weighted by atomic mass is 10.0. The van der Waals surface area contributed by atoms with E-state index < -0.39 is 0 Å². The van der Waals surface area contributed by atoms with E-state index in [9.17, 15) is 9.59 Å². The summed E-state index contributed by atoms with van der Waals surface area (Å²) < 4.78 is 7.03. The Labute approximate surface area is 197 Å². The van der Waals surface area contributed by atoms with E-state index in [1.165, 1.54) is 0 Å². The van der Waals surface area contributed by atoms with Crippen LogP contribution < -0.4 is 16.6 Å². The van der Waals surface area contributed by atoms with Gasteiger partial charge in [-0.3, -0.25) is 9.59 Å². The third-order valence-electron chi connectivity index (χ3n) is 6.19. The van der Waals surface area contributed by atoms with E-state index in [-0.39, 0.29) is 17.5 Å². The van der Waals surface area contributed by atoms with E-state index in [1.807, 2.05) is 54.6 Å². The van der Waals surface area contributed by atoms with Crippen molar-refractivity contribution in [1.29, 1.82) is 0 Å². The highest BCUT2D eigenvalue weighted by Crippen LogP contribution is 2.24. The molecule has 1 aliphatic rings. The average molecular weight is 455 g/mol. The van der Waals surface area contributed by atoms with Crippen molar-refractivity contribution in [3.63, 3.8) is 0 Å². The fourth-order valence-corrected chi connectivity index (χ4v) is 4.34. The van der Waals surface area contributed by atoms with Crippen LogP contribution >= 0.6 is 0 Å². The van der Waals surface area contributed by atoms with Crippen molar-refractivity contribution in [3.8, 4) is 11.1 Å². The van der Waals surface area contributed by atoms with Gasteiger partial charge in [0.05, 0.1) is 6.54 Å². The Balaban J connectivity index is 1.37. The zero-order chi connectivity index (χ0) is 23.5. The van der Waals surface area contributed by atoms with Crippen LogP contribution in [0, 0.1) is 0 Å². The Morgan fingerprint density at radius 3 is 2.71 bits per heavy atom. The van der Waals surface area contributed by atoms with Crippen molar-refractivity contribution >= 4 is 22.5 Å². The van der Waals surface area contributed by atoms with Gasteiger partial charge in [-0.25, -0.2) is 4.98 Å². The number of nitrogens with one attached hydrogen (secondary N) is 1. The van der Waals surface area contributed by atoms with E-state index in [0.717, 1.165) is 34.9 Å². The second-order valence-corrected chi connectivity index (χ2v) is 8.58. The number of nitrogens with zero attached hydrogens (tertiary/aromatic N) is 2. The number of rotatable bonds is 5. The number of nitrogens with two attached hydrogens (primary N) is 1. The highest BCUT2D eigenvalue weighted by atomic mass is 16.5. The number of pyridine rings is 2. The summed E-state index contributed by atoms with van der Waals surface area (Å²) in [5.74, 6) is 0.362. The summed E-state index contributed by atoms with van der Waals surface area (Å²) in [6.45, 7) is 1.73. The second kappa shape index (κ2) is 9.49. The lowest BCUT2D eigenvalue weighted by molar-refractivity contribution is 0.0696. The standard InChI is InChI=1S/C27H26N4O3/c28-25-16-20(6-10-29-25)19-4-5-24-21(15-19)7-11-31(27(24)33)17-18-2-1-3-22(14-18)26(32)30-23-8-12-34-13-9-23/h1-7,10-11,14-16,23H,8-9,12-13,17H2,(H2,28,29)(H,30,32). The number of hydrogen-bond donors (Lipinski definition) is 2. The predicted octanol–water partition coefficient (Wildman–Crippen LogP) is 3.60. The summed E-state index contributed by atoms with van der Waals surface area (Å²) in [6, 6.07) is 19.0. The summed E-state index contributed by atoms with van der Waals surface area (Å²) in [4.78, 5) is 29.9. The lowest BCUT2D eigenvalue weighted by Gasteiger charge is -2.23. The third-order valence-corrected chi connectivity index (χ3v) is 6.19. The van der Waals surface area contributed by atoms with Gasteiger partial charge < -0.3 is 20.4 Å². The minimum Gasteiger partial charge on any atom is -0.384 e. The van der Waals surface area contributed by atoms with Gasteiger partial charge in [0.25, 0.3) is 11.5 Å². The van der Waals surface area contributed by atoms with Gasteiger partial charge in [0.2, 0.25) is 0 Å². The molecule has 0 spiro atoms. The molecule has 0 bridgehead atoms. The molecule has 2 aromatic carbocycles. The van der Waals surface area contributed by atoms with Gasteiger partial charge in [0.15, 0.2) is 0 Å². The Bertz CT molecular complexity index is 1410. The number of hydrogen-bond acceptors (Lipinski definition) is 5. The topological polar surface area (TPSA) is 99.2 Å². The minimum absolute atomic E-state index is 0.0737. The molecule has 34 heavy (non-hydrogen) atoms. The first kappa shape index (κ1) is 21.9. The highest BCUT2D eigenvalue weighted by Gasteiger charge is 2.17. The maximum atomic E-state index is 13.2. The number of anilines is 1. The van der Waals surface area contributed by atoms with Crippen molar-refractivity contribution in [1.82, 2.24) is 14.9 Å². The number of carbonyl (C=O) groups is 1. The highest BCUT2D eigenvalue weighted by molar-refractivity contribution is 5.94. The molecule has 5 rings (SSSR count). The zero-order valence-corrected chi connectivity index (χ0v) is 18.7. The normalized spacial score (nSPS) is 14.2. The molecule has 3 N–H and O–H groups in total. The quantitative estimate of drug-likeness (QED) is 0.480. The van der Waals surface area contributed by atoms with Crippen LogP contribution in [0.5, 0.6) is 0 Å². The maximum Gasteiger partial charge on any atom is 0.258 e. The summed E-state index contributed by atoms with van der Waals surface area (Å²) in [5.41, 5.74) is 9.15. The fraction of sp³-hybridized carbons (Fsp3) is 0.222. The SMILES string of the molecule is Nc1cc(-c2ccc3c(=O)n(Cc4cccc(C(=O)NC5CCOCC5)c4)ccc3c2)ccn1. The average Bonchev–Trinajstić information content (AvgIpc) is 2.86. The molecule has 7 heteroatoms. The van der Waals surface area contributed by atoms with Crippen LogP contribution in [0.15, 0.2) is 77.9 Å². The van der Waals surface area contributed by atoms with Crippen molar-refractivity contribution in [2.24, 2.45) is 0 Å². The van der Waals surface area contributed by atoms with E-state index in [0.29, 0.717) is 36.5 Å². The first-order valence-corrected chi connectivity index (χ1v) is 11.4. The van der Waals surface area contributed by atoms with Gasteiger partial charge in [-0.05, 0) is 77.4 Å².